The van der Waals surface area contributed by atoms with Crippen molar-refractivity contribution < 1.29 is 0 Å². The molecule has 180 valence electrons. The monoisotopic (exact) mass is 436 g/mol. The maximum absolute atomic E-state index is 2.19. The first-order valence-electron chi connectivity index (χ1n) is 15.6. The Balaban J connectivity index is 1.37. The third-order valence-electron chi connectivity index (χ3n) is 11.8. The average molecular weight is 437 g/mol. The summed E-state index contributed by atoms with van der Waals surface area (Å²) in [4.78, 5) is 0. The SMILES string of the molecule is C1CCC(C(=C(C2CC3CCCCC3C2)C2CC3CCCCC3C2)C2CCCCC2)CC1. The topological polar surface area (TPSA) is 0 Å². The molecule has 4 atom stereocenters. The van der Waals surface area contributed by atoms with Gasteiger partial charge in [-0.3, -0.25) is 0 Å². The molecule has 0 radical (unpaired) electrons. The van der Waals surface area contributed by atoms with E-state index in [1.165, 1.54) is 38.5 Å². The van der Waals surface area contributed by atoms with Gasteiger partial charge in [0.25, 0.3) is 0 Å². The molecule has 0 bridgehead atoms. The zero-order chi connectivity index (χ0) is 21.3. The number of hydrogen-bond donors (Lipinski definition) is 0. The van der Waals surface area contributed by atoms with Crippen molar-refractivity contribution in [3.63, 3.8) is 0 Å². The molecule has 6 aliphatic rings. The van der Waals surface area contributed by atoms with Gasteiger partial charge in [0.15, 0.2) is 0 Å². The minimum atomic E-state index is 0.993. The first-order valence-corrected chi connectivity index (χ1v) is 15.6. The van der Waals surface area contributed by atoms with E-state index < -0.39 is 0 Å². The fraction of sp³-hybridized carbons (Fsp3) is 0.938. The number of rotatable bonds is 4. The Morgan fingerprint density at radius 1 is 0.281 bits per heavy atom. The average Bonchev–Trinajstić information content (AvgIpc) is 3.47. The number of fused-ring (bicyclic) bond motifs is 2. The lowest BCUT2D eigenvalue weighted by Gasteiger charge is -2.38. The van der Waals surface area contributed by atoms with Gasteiger partial charge in [-0.2, -0.15) is 0 Å². The Bertz CT molecular complexity index is 563. The second-order valence-corrected chi connectivity index (χ2v) is 13.5. The summed E-state index contributed by atoms with van der Waals surface area (Å²) in [5.41, 5.74) is 4.35. The lowest BCUT2D eigenvalue weighted by Crippen LogP contribution is -2.25. The first-order chi connectivity index (χ1) is 15.9. The zero-order valence-electron chi connectivity index (χ0n) is 21.2. The molecule has 0 N–H and O–H groups in total. The Morgan fingerprint density at radius 3 is 0.906 bits per heavy atom. The maximum Gasteiger partial charge on any atom is -0.0192 e. The molecule has 6 rings (SSSR count). The summed E-state index contributed by atoms with van der Waals surface area (Å²) in [6.45, 7) is 0. The summed E-state index contributed by atoms with van der Waals surface area (Å²) < 4.78 is 0. The van der Waals surface area contributed by atoms with Crippen LogP contribution in [-0.2, 0) is 0 Å². The van der Waals surface area contributed by atoms with E-state index in [2.05, 4.69) is 11.1 Å². The number of hydrogen-bond acceptors (Lipinski definition) is 0. The Hall–Kier alpha value is -0.260. The zero-order valence-corrected chi connectivity index (χ0v) is 21.2. The molecular formula is C32H52. The van der Waals surface area contributed by atoms with Gasteiger partial charge in [-0.25, -0.2) is 0 Å². The maximum atomic E-state index is 2.19. The van der Waals surface area contributed by atoms with Crippen molar-refractivity contribution in [2.45, 2.75) is 141 Å². The van der Waals surface area contributed by atoms with Crippen molar-refractivity contribution in [3.8, 4) is 0 Å². The largest absolute Gasteiger partial charge is 0.0642 e. The van der Waals surface area contributed by atoms with Crippen LogP contribution >= 0.6 is 0 Å². The fourth-order valence-corrected chi connectivity index (χ4v) is 10.4. The van der Waals surface area contributed by atoms with Crippen molar-refractivity contribution in [1.82, 2.24) is 0 Å². The molecule has 0 saturated heterocycles. The van der Waals surface area contributed by atoms with E-state index in [1.54, 1.807) is 103 Å². The van der Waals surface area contributed by atoms with Gasteiger partial charge in [-0.1, -0.05) is 101 Å². The Morgan fingerprint density at radius 2 is 0.562 bits per heavy atom. The lowest BCUT2D eigenvalue weighted by atomic mass is 9.67. The Kier molecular flexibility index (Phi) is 7.05. The van der Waals surface area contributed by atoms with Crippen LogP contribution in [-0.4, -0.2) is 0 Å². The highest BCUT2D eigenvalue weighted by Crippen LogP contribution is 2.57. The van der Waals surface area contributed by atoms with E-state index in [4.69, 9.17) is 0 Å². The minimum absolute atomic E-state index is 0.993. The van der Waals surface area contributed by atoms with E-state index in [0.717, 1.165) is 47.3 Å². The van der Waals surface area contributed by atoms with Crippen LogP contribution in [0.15, 0.2) is 11.1 Å². The van der Waals surface area contributed by atoms with E-state index in [1.807, 2.05) is 0 Å². The highest BCUT2D eigenvalue weighted by atomic mass is 14.5. The Labute approximate surface area is 199 Å². The van der Waals surface area contributed by atoms with Crippen molar-refractivity contribution >= 4 is 0 Å². The molecule has 6 fully saturated rings. The van der Waals surface area contributed by atoms with Gasteiger partial charge in [-0.05, 0) is 98.7 Å². The first kappa shape index (κ1) is 22.2. The highest BCUT2D eigenvalue weighted by Gasteiger charge is 2.45. The molecule has 0 aromatic rings. The summed E-state index contributed by atoms with van der Waals surface area (Å²) in [7, 11) is 0. The van der Waals surface area contributed by atoms with Crippen molar-refractivity contribution in [1.29, 1.82) is 0 Å². The summed E-state index contributed by atoms with van der Waals surface area (Å²) >= 11 is 0. The van der Waals surface area contributed by atoms with Crippen LogP contribution in [0.3, 0.4) is 0 Å². The summed E-state index contributed by atoms with van der Waals surface area (Å²) in [6, 6.07) is 0. The van der Waals surface area contributed by atoms with E-state index in [0.29, 0.717) is 0 Å². The van der Waals surface area contributed by atoms with Gasteiger partial charge in [0.2, 0.25) is 0 Å². The van der Waals surface area contributed by atoms with Crippen LogP contribution in [0.25, 0.3) is 0 Å². The lowest BCUT2D eigenvalue weighted by molar-refractivity contribution is 0.277. The standard InChI is InChI=1S/C32H52/c1-3-11-23(12-4-1)31(24-13-5-2-6-14-24)32(29-19-25-15-7-8-16-26(25)20-29)30-21-27-17-9-10-18-28(27)22-30/h23-30H,1-22H2. The predicted molar refractivity (Wildman–Crippen MR) is 137 cm³/mol. The molecule has 0 heteroatoms. The van der Waals surface area contributed by atoms with Crippen molar-refractivity contribution in [2.24, 2.45) is 47.3 Å². The van der Waals surface area contributed by atoms with Gasteiger partial charge in [0, 0.05) is 0 Å². The van der Waals surface area contributed by atoms with E-state index in [-0.39, 0.29) is 0 Å². The number of allylic oxidation sites excluding steroid dienone is 2. The highest BCUT2D eigenvalue weighted by molar-refractivity contribution is 5.28. The van der Waals surface area contributed by atoms with Gasteiger partial charge in [-0.15, -0.1) is 0 Å². The van der Waals surface area contributed by atoms with E-state index >= 15 is 0 Å². The van der Waals surface area contributed by atoms with Crippen LogP contribution in [0.4, 0.5) is 0 Å². The predicted octanol–water partition coefficient (Wildman–Crippen LogP) is 9.88. The molecule has 0 aliphatic heterocycles. The molecule has 4 unspecified atom stereocenters. The van der Waals surface area contributed by atoms with Gasteiger partial charge >= 0.3 is 0 Å². The molecule has 0 amide bonds. The quantitative estimate of drug-likeness (QED) is 0.384. The molecular weight excluding hydrogens is 384 g/mol. The molecule has 0 aromatic carbocycles. The third kappa shape index (κ3) is 4.52. The van der Waals surface area contributed by atoms with Crippen LogP contribution in [0, 0.1) is 47.3 Å². The molecule has 0 aromatic heterocycles. The van der Waals surface area contributed by atoms with Gasteiger partial charge in [0.1, 0.15) is 0 Å². The fourth-order valence-electron chi connectivity index (χ4n) is 10.4. The van der Waals surface area contributed by atoms with Crippen molar-refractivity contribution in [3.05, 3.63) is 11.1 Å². The van der Waals surface area contributed by atoms with Gasteiger partial charge in [0.05, 0.1) is 0 Å². The van der Waals surface area contributed by atoms with Crippen LogP contribution in [0.2, 0.25) is 0 Å². The summed E-state index contributed by atoms with van der Waals surface area (Å²) in [5.74, 6) is 8.41. The van der Waals surface area contributed by atoms with Crippen LogP contribution in [0.5, 0.6) is 0 Å². The second-order valence-electron chi connectivity index (χ2n) is 13.5. The molecule has 0 heterocycles. The minimum Gasteiger partial charge on any atom is -0.0642 e. The normalized spacial score (nSPS) is 41.2. The van der Waals surface area contributed by atoms with Crippen LogP contribution < -0.4 is 0 Å². The van der Waals surface area contributed by atoms with Crippen molar-refractivity contribution in [2.75, 3.05) is 0 Å². The smallest absolute Gasteiger partial charge is 0.0192 e. The summed E-state index contributed by atoms with van der Waals surface area (Å²) in [5, 5.41) is 0. The van der Waals surface area contributed by atoms with Crippen LogP contribution in [0.1, 0.15) is 141 Å². The molecule has 6 saturated carbocycles. The van der Waals surface area contributed by atoms with E-state index in [9.17, 15) is 0 Å². The third-order valence-corrected chi connectivity index (χ3v) is 11.8. The van der Waals surface area contributed by atoms with Gasteiger partial charge < -0.3 is 0 Å². The second kappa shape index (κ2) is 10.2. The molecule has 0 spiro atoms. The molecule has 6 aliphatic carbocycles. The molecule has 32 heavy (non-hydrogen) atoms. The molecule has 0 nitrogen and oxygen atoms in total. The summed E-state index contributed by atoms with van der Waals surface area (Å²) in [6.07, 6.45) is 34.2.